The van der Waals surface area contributed by atoms with Gasteiger partial charge in [-0.15, -0.1) is 0 Å². The summed E-state index contributed by atoms with van der Waals surface area (Å²) in [7, 11) is -2.48. The van der Waals surface area contributed by atoms with Gasteiger partial charge >= 0.3 is 0 Å². The summed E-state index contributed by atoms with van der Waals surface area (Å²) in [6, 6.07) is 12.1. The predicted octanol–water partition coefficient (Wildman–Crippen LogP) is 2.66. The van der Waals surface area contributed by atoms with Gasteiger partial charge in [0.2, 0.25) is 10.0 Å². The molecule has 27 heavy (non-hydrogen) atoms. The number of benzene rings is 2. The first-order chi connectivity index (χ1) is 12.7. The average molecular weight is 394 g/mol. The summed E-state index contributed by atoms with van der Waals surface area (Å²) in [5.41, 5.74) is 0.0859. The molecule has 1 amide bonds. The molecule has 0 aliphatic rings. The van der Waals surface area contributed by atoms with Crippen LogP contribution in [-0.2, 0) is 10.0 Å². The van der Waals surface area contributed by atoms with Crippen LogP contribution in [0.15, 0.2) is 53.4 Å². The van der Waals surface area contributed by atoms with Gasteiger partial charge in [-0.3, -0.25) is 4.79 Å². The van der Waals surface area contributed by atoms with Crippen LogP contribution in [0.4, 0.5) is 4.39 Å². The first-order valence-corrected chi connectivity index (χ1v) is 9.94. The molecule has 0 fully saturated rings. The first kappa shape index (κ1) is 20.9. The van der Waals surface area contributed by atoms with E-state index < -0.39 is 32.7 Å². The van der Waals surface area contributed by atoms with Gasteiger partial charge in [-0.25, -0.2) is 17.5 Å². The quantitative estimate of drug-likeness (QED) is 0.747. The van der Waals surface area contributed by atoms with Crippen molar-refractivity contribution >= 4 is 15.9 Å². The van der Waals surface area contributed by atoms with Crippen molar-refractivity contribution in [2.24, 2.45) is 0 Å². The maximum atomic E-state index is 14.0. The highest BCUT2D eigenvalue weighted by molar-refractivity contribution is 7.89. The zero-order chi connectivity index (χ0) is 20.0. The smallest absolute Gasteiger partial charge is 0.253 e. The molecule has 2 rings (SSSR count). The van der Waals surface area contributed by atoms with Crippen LogP contribution in [0, 0.1) is 5.82 Å². The van der Waals surface area contributed by atoms with Gasteiger partial charge < -0.3 is 9.64 Å². The third kappa shape index (κ3) is 5.77. The van der Waals surface area contributed by atoms with Crippen molar-refractivity contribution in [1.29, 1.82) is 0 Å². The van der Waals surface area contributed by atoms with Crippen molar-refractivity contribution in [2.45, 2.75) is 24.8 Å². The molecule has 0 saturated heterocycles. The fourth-order valence-corrected chi connectivity index (χ4v) is 3.71. The number of carbonyl (C=O) groups excluding carboxylic acids is 1. The highest BCUT2D eigenvalue weighted by Crippen LogP contribution is 2.18. The second kappa shape index (κ2) is 8.96. The van der Waals surface area contributed by atoms with Crippen molar-refractivity contribution in [3.05, 3.63) is 59.9 Å². The van der Waals surface area contributed by atoms with E-state index in [1.54, 1.807) is 33.0 Å². The third-order valence-corrected chi connectivity index (χ3v) is 5.32. The van der Waals surface area contributed by atoms with Crippen LogP contribution in [0.3, 0.4) is 0 Å². The van der Waals surface area contributed by atoms with Crippen LogP contribution in [0.25, 0.3) is 0 Å². The van der Waals surface area contributed by atoms with Crippen molar-refractivity contribution in [1.82, 2.24) is 9.62 Å². The van der Waals surface area contributed by atoms with Crippen molar-refractivity contribution in [2.75, 3.05) is 20.2 Å². The van der Waals surface area contributed by atoms with Crippen molar-refractivity contribution < 1.29 is 22.3 Å². The third-order valence-electron chi connectivity index (χ3n) is 3.64. The molecule has 2 aromatic carbocycles. The summed E-state index contributed by atoms with van der Waals surface area (Å²) in [5.74, 6) is -0.643. The second-order valence-corrected chi connectivity index (χ2v) is 7.99. The minimum absolute atomic E-state index is 0.0859. The van der Waals surface area contributed by atoms with Gasteiger partial charge in [0, 0.05) is 18.7 Å². The van der Waals surface area contributed by atoms with Gasteiger partial charge in [-0.1, -0.05) is 18.2 Å². The molecular weight excluding hydrogens is 371 g/mol. The van der Waals surface area contributed by atoms with Gasteiger partial charge in [-0.2, -0.15) is 0 Å². The second-order valence-electron chi connectivity index (χ2n) is 6.31. The van der Waals surface area contributed by atoms with Gasteiger partial charge in [0.15, 0.2) is 0 Å². The molecule has 1 N–H and O–H groups in total. The molecule has 0 bridgehead atoms. The van der Waals surface area contributed by atoms with Gasteiger partial charge in [-0.05, 0) is 44.2 Å². The molecule has 0 saturated carbocycles. The standard InChI is InChI=1S/C19H23FN2O4S/c1-14(2)21-27(24,25)18-13-15(9-10-17(18)20)19(23)22(3)11-12-26-16-7-5-4-6-8-16/h4-10,13-14,21H,11-12H2,1-3H3. The van der Waals surface area contributed by atoms with E-state index in [-0.39, 0.29) is 18.7 Å². The van der Waals surface area contributed by atoms with E-state index in [1.807, 2.05) is 18.2 Å². The highest BCUT2D eigenvalue weighted by Gasteiger charge is 2.23. The molecule has 146 valence electrons. The maximum absolute atomic E-state index is 14.0. The number of nitrogens with one attached hydrogen (secondary N) is 1. The summed E-state index contributed by atoms with van der Waals surface area (Å²) >= 11 is 0. The molecule has 0 unspecified atom stereocenters. The van der Waals surface area contributed by atoms with Crippen LogP contribution in [0.1, 0.15) is 24.2 Å². The lowest BCUT2D eigenvalue weighted by molar-refractivity contribution is 0.0773. The lowest BCUT2D eigenvalue weighted by Gasteiger charge is -2.18. The monoisotopic (exact) mass is 394 g/mol. The molecule has 0 radical (unpaired) electrons. The zero-order valence-corrected chi connectivity index (χ0v) is 16.3. The van der Waals surface area contributed by atoms with E-state index in [2.05, 4.69) is 4.72 Å². The molecular formula is C19H23FN2O4S. The number of halogens is 1. The van der Waals surface area contributed by atoms with Crippen LogP contribution in [0.2, 0.25) is 0 Å². The number of amides is 1. The van der Waals surface area contributed by atoms with E-state index >= 15 is 0 Å². The summed E-state index contributed by atoms with van der Waals surface area (Å²) in [6.07, 6.45) is 0. The van der Waals surface area contributed by atoms with Gasteiger partial charge in [0.25, 0.3) is 5.91 Å². The Balaban J connectivity index is 2.08. The topological polar surface area (TPSA) is 75.7 Å². The molecule has 0 spiro atoms. The summed E-state index contributed by atoms with van der Waals surface area (Å²) < 4.78 is 46.3. The summed E-state index contributed by atoms with van der Waals surface area (Å²) in [5, 5.41) is 0. The Morgan fingerprint density at radius 1 is 1.19 bits per heavy atom. The van der Waals surface area contributed by atoms with Gasteiger partial charge in [0.05, 0.1) is 6.54 Å². The van der Waals surface area contributed by atoms with Crippen LogP contribution >= 0.6 is 0 Å². The Morgan fingerprint density at radius 2 is 1.85 bits per heavy atom. The predicted molar refractivity (Wildman–Crippen MR) is 101 cm³/mol. The van der Waals surface area contributed by atoms with Crippen molar-refractivity contribution in [3.8, 4) is 5.75 Å². The zero-order valence-electron chi connectivity index (χ0n) is 15.5. The number of hydrogen-bond donors (Lipinski definition) is 1. The Hall–Kier alpha value is -2.45. The molecule has 0 atom stereocenters. The molecule has 0 aliphatic heterocycles. The molecule has 8 heteroatoms. The number of sulfonamides is 1. The van der Waals surface area contributed by atoms with Crippen LogP contribution in [0.5, 0.6) is 5.75 Å². The SMILES string of the molecule is CC(C)NS(=O)(=O)c1cc(C(=O)N(C)CCOc2ccccc2)ccc1F. The number of carbonyl (C=O) groups is 1. The maximum Gasteiger partial charge on any atom is 0.253 e. The van der Waals surface area contributed by atoms with Crippen LogP contribution < -0.4 is 9.46 Å². The fraction of sp³-hybridized carbons (Fsp3) is 0.316. The van der Waals surface area contributed by atoms with E-state index in [9.17, 15) is 17.6 Å². The van der Waals surface area contributed by atoms with E-state index in [0.29, 0.717) is 5.75 Å². The minimum Gasteiger partial charge on any atom is -0.492 e. The number of hydrogen-bond acceptors (Lipinski definition) is 4. The molecule has 0 aliphatic carbocycles. The molecule has 2 aromatic rings. The normalized spacial score (nSPS) is 11.4. The Labute approximate surface area is 159 Å². The number of nitrogens with zero attached hydrogens (tertiary/aromatic N) is 1. The average Bonchev–Trinajstić information content (AvgIpc) is 2.61. The first-order valence-electron chi connectivity index (χ1n) is 8.46. The Morgan fingerprint density at radius 3 is 2.48 bits per heavy atom. The number of para-hydroxylation sites is 1. The molecule has 6 nitrogen and oxygen atoms in total. The minimum atomic E-state index is -4.05. The highest BCUT2D eigenvalue weighted by atomic mass is 32.2. The lowest BCUT2D eigenvalue weighted by atomic mass is 10.2. The fourth-order valence-electron chi connectivity index (χ4n) is 2.36. The van der Waals surface area contributed by atoms with Crippen molar-refractivity contribution in [3.63, 3.8) is 0 Å². The largest absolute Gasteiger partial charge is 0.492 e. The molecule has 0 aromatic heterocycles. The Kier molecular flexibility index (Phi) is 6.92. The summed E-state index contributed by atoms with van der Waals surface area (Å²) in [6.45, 7) is 3.82. The van der Waals surface area contributed by atoms with Crippen LogP contribution in [-0.4, -0.2) is 45.5 Å². The van der Waals surface area contributed by atoms with E-state index in [1.165, 1.54) is 11.0 Å². The van der Waals surface area contributed by atoms with E-state index in [0.717, 1.165) is 12.1 Å². The van der Waals surface area contributed by atoms with E-state index in [4.69, 9.17) is 4.74 Å². The summed E-state index contributed by atoms with van der Waals surface area (Å²) in [4.78, 5) is 13.4. The number of rotatable bonds is 8. The molecule has 0 heterocycles. The Bertz CT molecular complexity index is 886. The number of ether oxygens (including phenoxy) is 1. The lowest BCUT2D eigenvalue weighted by Crippen LogP contribution is -2.32. The van der Waals surface area contributed by atoms with Gasteiger partial charge in [0.1, 0.15) is 23.1 Å². The number of likely N-dealkylation sites (N-methyl/N-ethyl adjacent to an activating group) is 1.